The van der Waals surface area contributed by atoms with Gasteiger partial charge in [0.25, 0.3) is 0 Å². The lowest BCUT2D eigenvalue weighted by atomic mass is 10.0. The largest absolute Gasteiger partial charge is 0.465 e. The van der Waals surface area contributed by atoms with Gasteiger partial charge in [0.2, 0.25) is 11.8 Å². The summed E-state index contributed by atoms with van der Waals surface area (Å²) in [5.74, 6) is -0.708. The van der Waals surface area contributed by atoms with Gasteiger partial charge in [0.05, 0.1) is 0 Å². The van der Waals surface area contributed by atoms with Crippen LogP contribution in [0.25, 0.3) is 0 Å². The fourth-order valence-electron chi connectivity index (χ4n) is 2.48. The Kier molecular flexibility index (Phi) is 4.65. The summed E-state index contributed by atoms with van der Waals surface area (Å²) in [4.78, 5) is 36.5. The number of carboxylic acid groups (broad SMARTS) is 1. The Morgan fingerprint density at radius 1 is 1.32 bits per heavy atom. The maximum absolute atomic E-state index is 12.4. The van der Waals surface area contributed by atoms with Crippen LogP contribution in [0.15, 0.2) is 24.3 Å². The van der Waals surface area contributed by atoms with Crippen molar-refractivity contribution in [2.24, 2.45) is 0 Å². The zero-order valence-electron chi connectivity index (χ0n) is 12.5. The van der Waals surface area contributed by atoms with Gasteiger partial charge in [0.15, 0.2) is 0 Å². The topological polar surface area (TPSA) is 98.7 Å². The Labute approximate surface area is 128 Å². The first-order valence-electron chi connectivity index (χ1n) is 7.00. The van der Waals surface area contributed by atoms with E-state index in [1.165, 1.54) is 6.92 Å². The summed E-state index contributed by atoms with van der Waals surface area (Å²) in [6, 6.07) is 6.07. The van der Waals surface area contributed by atoms with Crippen LogP contribution in [0.5, 0.6) is 0 Å². The number of amides is 3. The molecule has 3 N–H and O–H groups in total. The molecule has 0 saturated heterocycles. The third kappa shape index (κ3) is 3.55. The minimum Gasteiger partial charge on any atom is -0.465 e. The van der Waals surface area contributed by atoms with Crippen LogP contribution in [-0.4, -0.2) is 47.0 Å². The molecule has 1 aromatic carbocycles. The quantitative estimate of drug-likeness (QED) is 0.750. The molecule has 0 aliphatic carbocycles. The molecular weight excluding hydrogens is 286 g/mol. The van der Waals surface area contributed by atoms with Crippen molar-refractivity contribution in [1.82, 2.24) is 15.5 Å². The van der Waals surface area contributed by atoms with Gasteiger partial charge in [-0.2, -0.15) is 0 Å². The second-order valence-electron chi connectivity index (χ2n) is 5.40. The zero-order chi connectivity index (χ0) is 16.3. The fourth-order valence-corrected chi connectivity index (χ4v) is 2.48. The Hall–Kier alpha value is -2.57. The average Bonchev–Trinajstić information content (AvgIpc) is 2.57. The van der Waals surface area contributed by atoms with Gasteiger partial charge in [-0.15, -0.1) is 0 Å². The van der Waals surface area contributed by atoms with Gasteiger partial charge in [0, 0.05) is 20.0 Å². The van der Waals surface area contributed by atoms with Crippen LogP contribution in [0, 0.1) is 0 Å². The molecule has 22 heavy (non-hydrogen) atoms. The molecule has 0 radical (unpaired) electrons. The van der Waals surface area contributed by atoms with Gasteiger partial charge in [0.1, 0.15) is 12.1 Å². The van der Waals surface area contributed by atoms with Crippen LogP contribution in [0.3, 0.4) is 0 Å². The van der Waals surface area contributed by atoms with Gasteiger partial charge >= 0.3 is 6.09 Å². The van der Waals surface area contributed by atoms with Gasteiger partial charge < -0.3 is 20.6 Å². The van der Waals surface area contributed by atoms with Crippen LogP contribution < -0.4 is 10.6 Å². The highest BCUT2D eigenvalue weighted by molar-refractivity contribution is 5.91. The number of fused-ring (bicyclic) bond motifs is 1. The smallest absolute Gasteiger partial charge is 0.405 e. The molecule has 0 spiro atoms. The Bertz CT molecular complexity index is 602. The number of likely N-dealkylation sites (N-methyl/N-ethyl adjacent to an activating group) is 1. The predicted molar refractivity (Wildman–Crippen MR) is 79.2 cm³/mol. The number of nitrogens with one attached hydrogen (secondary N) is 2. The van der Waals surface area contributed by atoms with Crippen molar-refractivity contribution in [2.75, 3.05) is 7.05 Å². The Balaban J connectivity index is 2.14. The van der Waals surface area contributed by atoms with E-state index in [-0.39, 0.29) is 5.91 Å². The van der Waals surface area contributed by atoms with Crippen molar-refractivity contribution in [1.29, 1.82) is 0 Å². The van der Waals surface area contributed by atoms with Crippen molar-refractivity contribution in [2.45, 2.75) is 32.0 Å². The van der Waals surface area contributed by atoms with Crippen LogP contribution >= 0.6 is 0 Å². The molecule has 3 amide bonds. The SMILES string of the molecule is C[C@H](NC(=O)O)C(=O)N[C@H]1Cc2ccccc2CN(C)C1=O. The van der Waals surface area contributed by atoms with E-state index >= 15 is 0 Å². The predicted octanol–water partition coefficient (Wildman–Crippen LogP) is 0.342. The molecule has 118 valence electrons. The molecule has 0 aromatic heterocycles. The lowest BCUT2D eigenvalue weighted by Crippen LogP contribution is -2.52. The minimum absolute atomic E-state index is 0.188. The average molecular weight is 305 g/mol. The summed E-state index contributed by atoms with van der Waals surface area (Å²) in [7, 11) is 1.68. The third-order valence-corrected chi connectivity index (χ3v) is 3.67. The summed E-state index contributed by atoms with van der Waals surface area (Å²) < 4.78 is 0. The molecule has 2 atom stereocenters. The number of hydrogen-bond donors (Lipinski definition) is 3. The van der Waals surface area contributed by atoms with Crippen LogP contribution in [0.4, 0.5) is 4.79 Å². The number of carbonyl (C=O) groups is 3. The highest BCUT2D eigenvalue weighted by Gasteiger charge is 2.30. The third-order valence-electron chi connectivity index (χ3n) is 3.67. The second-order valence-corrected chi connectivity index (χ2v) is 5.40. The van der Waals surface area contributed by atoms with Crippen LogP contribution in [0.1, 0.15) is 18.1 Å². The van der Waals surface area contributed by atoms with Crippen molar-refractivity contribution < 1.29 is 19.5 Å². The molecule has 7 heteroatoms. The molecule has 1 heterocycles. The number of hydrogen-bond acceptors (Lipinski definition) is 3. The summed E-state index contributed by atoms with van der Waals surface area (Å²) in [6.07, 6.45) is -0.887. The molecule has 0 bridgehead atoms. The van der Waals surface area contributed by atoms with E-state index in [2.05, 4.69) is 10.6 Å². The minimum atomic E-state index is -1.28. The van der Waals surface area contributed by atoms with Gasteiger partial charge in [-0.3, -0.25) is 9.59 Å². The van der Waals surface area contributed by atoms with E-state index in [0.717, 1.165) is 11.1 Å². The summed E-state index contributed by atoms with van der Waals surface area (Å²) >= 11 is 0. The van der Waals surface area contributed by atoms with Crippen molar-refractivity contribution in [3.05, 3.63) is 35.4 Å². The molecule has 1 aromatic rings. The molecule has 1 aliphatic rings. The first-order valence-corrected chi connectivity index (χ1v) is 7.00. The second kappa shape index (κ2) is 6.46. The maximum Gasteiger partial charge on any atom is 0.405 e. The standard InChI is InChI=1S/C15H19N3O4/c1-9(16-15(21)22)13(19)17-12-7-10-5-3-4-6-11(10)8-18(2)14(12)20/h3-6,9,12,16H,7-8H2,1-2H3,(H,17,19)(H,21,22)/t9-,12-/m0/s1. The highest BCUT2D eigenvalue weighted by Crippen LogP contribution is 2.18. The lowest BCUT2D eigenvalue weighted by Gasteiger charge is -2.22. The van der Waals surface area contributed by atoms with Crippen molar-refractivity contribution in [3.63, 3.8) is 0 Å². The summed E-state index contributed by atoms with van der Waals surface area (Å²) in [5.41, 5.74) is 2.05. The first-order chi connectivity index (χ1) is 10.4. The Morgan fingerprint density at radius 3 is 2.59 bits per heavy atom. The molecule has 0 saturated carbocycles. The monoisotopic (exact) mass is 305 g/mol. The number of nitrogens with zero attached hydrogens (tertiary/aromatic N) is 1. The van der Waals surface area contributed by atoms with Gasteiger partial charge in [-0.1, -0.05) is 24.3 Å². The molecule has 1 aliphatic heterocycles. The molecule has 0 fully saturated rings. The van der Waals surface area contributed by atoms with Gasteiger partial charge in [-0.25, -0.2) is 4.79 Å². The number of benzene rings is 1. The molecule has 2 rings (SSSR count). The highest BCUT2D eigenvalue weighted by atomic mass is 16.4. The van der Waals surface area contributed by atoms with E-state index < -0.39 is 24.1 Å². The maximum atomic E-state index is 12.4. The fraction of sp³-hybridized carbons (Fsp3) is 0.400. The van der Waals surface area contributed by atoms with Gasteiger partial charge in [-0.05, 0) is 18.1 Å². The Morgan fingerprint density at radius 2 is 1.95 bits per heavy atom. The van der Waals surface area contributed by atoms with E-state index in [0.29, 0.717) is 13.0 Å². The van der Waals surface area contributed by atoms with Crippen LogP contribution in [0.2, 0.25) is 0 Å². The lowest BCUT2D eigenvalue weighted by molar-refractivity contribution is -0.135. The van der Waals surface area contributed by atoms with E-state index in [9.17, 15) is 14.4 Å². The molecule has 0 unspecified atom stereocenters. The molecular formula is C15H19N3O4. The van der Waals surface area contributed by atoms with Crippen molar-refractivity contribution >= 4 is 17.9 Å². The normalized spacial score (nSPS) is 18.9. The first kappa shape index (κ1) is 15.8. The van der Waals surface area contributed by atoms with E-state index in [1.807, 2.05) is 24.3 Å². The van der Waals surface area contributed by atoms with Crippen molar-refractivity contribution in [3.8, 4) is 0 Å². The van der Waals surface area contributed by atoms with E-state index in [4.69, 9.17) is 5.11 Å². The summed E-state index contributed by atoms with van der Waals surface area (Å²) in [5, 5.41) is 13.3. The zero-order valence-corrected chi connectivity index (χ0v) is 12.5. The number of rotatable bonds is 3. The summed E-state index contributed by atoms with van der Waals surface area (Å²) in [6.45, 7) is 1.92. The molecule has 7 nitrogen and oxygen atoms in total. The number of carbonyl (C=O) groups excluding carboxylic acids is 2. The van der Waals surface area contributed by atoms with Crippen LogP contribution in [-0.2, 0) is 22.6 Å². The van der Waals surface area contributed by atoms with E-state index in [1.54, 1.807) is 11.9 Å².